The van der Waals surface area contributed by atoms with Gasteiger partial charge >= 0.3 is 6.09 Å². The molecule has 5 nitrogen and oxygen atoms in total. The summed E-state index contributed by atoms with van der Waals surface area (Å²) < 4.78 is 5.29. The number of benzene rings is 1. The van der Waals surface area contributed by atoms with E-state index in [9.17, 15) is 9.59 Å². The Labute approximate surface area is 112 Å². The van der Waals surface area contributed by atoms with E-state index in [-0.39, 0.29) is 12.0 Å². The Balaban J connectivity index is 1.91. The molecule has 2 amide bonds. The molecular formula is C14H18N2O3. The summed E-state index contributed by atoms with van der Waals surface area (Å²) in [5, 5.41) is 0. The van der Waals surface area contributed by atoms with Gasteiger partial charge in [0.15, 0.2) is 0 Å². The third-order valence-corrected chi connectivity index (χ3v) is 3.15. The van der Waals surface area contributed by atoms with Crippen molar-refractivity contribution in [3.05, 3.63) is 30.3 Å². The zero-order valence-electron chi connectivity index (χ0n) is 11.0. The van der Waals surface area contributed by atoms with Crippen molar-refractivity contribution in [1.29, 1.82) is 0 Å². The number of ether oxygens (including phenoxy) is 1. The molecule has 0 spiro atoms. The Hall–Kier alpha value is -2.04. The molecule has 0 bridgehead atoms. The van der Waals surface area contributed by atoms with Crippen molar-refractivity contribution in [3.8, 4) is 5.75 Å². The molecule has 0 unspecified atom stereocenters. The standard InChI is InChI=1S/C14H18N2O3/c1-12(17)15-8-5-9-16(11-10-15)14(18)19-13-6-3-2-4-7-13/h2-4,6-7H,5,8-11H2,1H3. The molecule has 0 atom stereocenters. The maximum atomic E-state index is 12.0. The van der Waals surface area contributed by atoms with Crippen LogP contribution >= 0.6 is 0 Å². The van der Waals surface area contributed by atoms with Gasteiger partial charge in [0, 0.05) is 33.1 Å². The van der Waals surface area contributed by atoms with Crippen molar-refractivity contribution < 1.29 is 14.3 Å². The first-order valence-corrected chi connectivity index (χ1v) is 6.44. The summed E-state index contributed by atoms with van der Waals surface area (Å²) in [5.41, 5.74) is 0. The zero-order valence-corrected chi connectivity index (χ0v) is 11.0. The number of rotatable bonds is 1. The summed E-state index contributed by atoms with van der Waals surface area (Å²) >= 11 is 0. The molecule has 0 aliphatic carbocycles. The summed E-state index contributed by atoms with van der Waals surface area (Å²) in [6.45, 7) is 3.96. The Bertz CT molecular complexity index is 447. The SMILES string of the molecule is CC(=O)N1CCCN(C(=O)Oc2ccccc2)CC1. The van der Waals surface area contributed by atoms with Crippen LogP contribution in [0.25, 0.3) is 0 Å². The van der Waals surface area contributed by atoms with Crippen LogP contribution in [0.2, 0.25) is 0 Å². The van der Waals surface area contributed by atoms with Gasteiger partial charge in [-0.05, 0) is 18.6 Å². The minimum absolute atomic E-state index is 0.0540. The third-order valence-electron chi connectivity index (χ3n) is 3.15. The Morgan fingerprint density at radius 2 is 1.63 bits per heavy atom. The lowest BCUT2D eigenvalue weighted by atomic mass is 10.3. The second-order valence-corrected chi connectivity index (χ2v) is 4.53. The fraction of sp³-hybridized carbons (Fsp3) is 0.429. The molecule has 0 saturated carbocycles. The largest absolute Gasteiger partial charge is 0.415 e. The van der Waals surface area contributed by atoms with Crippen molar-refractivity contribution in [2.75, 3.05) is 26.2 Å². The first kappa shape index (κ1) is 13.4. The molecule has 1 aliphatic heterocycles. The molecule has 102 valence electrons. The summed E-state index contributed by atoms with van der Waals surface area (Å²) in [7, 11) is 0. The smallest absolute Gasteiger partial charge is 0.410 e. The average Bonchev–Trinajstić information content (AvgIpc) is 2.65. The van der Waals surface area contributed by atoms with E-state index in [0.717, 1.165) is 6.42 Å². The molecule has 1 aromatic rings. The maximum absolute atomic E-state index is 12.0. The van der Waals surface area contributed by atoms with Gasteiger partial charge in [0.1, 0.15) is 5.75 Å². The predicted octanol–water partition coefficient (Wildman–Crippen LogP) is 1.74. The van der Waals surface area contributed by atoms with Gasteiger partial charge in [0.05, 0.1) is 0 Å². The molecule has 0 aromatic heterocycles. The maximum Gasteiger partial charge on any atom is 0.415 e. The van der Waals surface area contributed by atoms with E-state index in [1.165, 1.54) is 0 Å². The first-order valence-electron chi connectivity index (χ1n) is 6.44. The molecule has 5 heteroatoms. The lowest BCUT2D eigenvalue weighted by Gasteiger charge is -2.20. The van der Waals surface area contributed by atoms with Crippen molar-refractivity contribution in [3.63, 3.8) is 0 Å². The fourth-order valence-electron chi connectivity index (χ4n) is 2.07. The zero-order chi connectivity index (χ0) is 13.7. The van der Waals surface area contributed by atoms with Gasteiger partial charge in [-0.15, -0.1) is 0 Å². The average molecular weight is 262 g/mol. The molecule has 0 radical (unpaired) electrons. The Morgan fingerprint density at radius 3 is 2.32 bits per heavy atom. The fourth-order valence-corrected chi connectivity index (χ4v) is 2.07. The normalized spacial score (nSPS) is 15.8. The number of nitrogens with zero attached hydrogens (tertiary/aromatic N) is 2. The van der Waals surface area contributed by atoms with Gasteiger partial charge in [-0.2, -0.15) is 0 Å². The van der Waals surface area contributed by atoms with Gasteiger partial charge in [-0.1, -0.05) is 18.2 Å². The van der Waals surface area contributed by atoms with Crippen molar-refractivity contribution in [1.82, 2.24) is 9.80 Å². The third kappa shape index (κ3) is 3.71. The van der Waals surface area contributed by atoms with E-state index in [1.54, 1.807) is 28.9 Å². The quantitative estimate of drug-likeness (QED) is 0.774. The minimum Gasteiger partial charge on any atom is -0.410 e. The van der Waals surface area contributed by atoms with E-state index in [2.05, 4.69) is 0 Å². The van der Waals surface area contributed by atoms with Crippen LogP contribution in [0, 0.1) is 0 Å². The summed E-state index contributed by atoms with van der Waals surface area (Å²) in [6.07, 6.45) is 0.431. The number of para-hydroxylation sites is 1. The van der Waals surface area contributed by atoms with Crippen LogP contribution in [-0.2, 0) is 4.79 Å². The highest BCUT2D eigenvalue weighted by atomic mass is 16.6. The topological polar surface area (TPSA) is 49.9 Å². The summed E-state index contributed by atoms with van der Waals surface area (Å²) in [4.78, 5) is 26.7. The first-order chi connectivity index (χ1) is 9.16. The molecule has 1 fully saturated rings. The van der Waals surface area contributed by atoms with Crippen LogP contribution in [0.1, 0.15) is 13.3 Å². The highest BCUT2D eigenvalue weighted by Crippen LogP contribution is 2.11. The van der Waals surface area contributed by atoms with E-state index in [4.69, 9.17) is 4.74 Å². The van der Waals surface area contributed by atoms with Crippen LogP contribution in [0.4, 0.5) is 4.79 Å². The van der Waals surface area contributed by atoms with Crippen LogP contribution < -0.4 is 4.74 Å². The molecule has 2 rings (SSSR count). The second-order valence-electron chi connectivity index (χ2n) is 4.53. The van der Waals surface area contributed by atoms with Crippen LogP contribution in [0.15, 0.2) is 30.3 Å². The van der Waals surface area contributed by atoms with Crippen LogP contribution in [0.5, 0.6) is 5.75 Å². The van der Waals surface area contributed by atoms with Gasteiger partial charge in [-0.25, -0.2) is 4.79 Å². The highest BCUT2D eigenvalue weighted by molar-refractivity contribution is 5.74. The van der Waals surface area contributed by atoms with E-state index in [1.807, 2.05) is 18.2 Å². The summed E-state index contributed by atoms with van der Waals surface area (Å²) in [6, 6.07) is 9.01. The molecule has 19 heavy (non-hydrogen) atoms. The van der Waals surface area contributed by atoms with Crippen LogP contribution in [-0.4, -0.2) is 48.0 Å². The summed E-state index contributed by atoms with van der Waals surface area (Å²) in [5.74, 6) is 0.596. The van der Waals surface area contributed by atoms with E-state index in [0.29, 0.717) is 31.9 Å². The molecule has 1 aromatic carbocycles. The van der Waals surface area contributed by atoms with E-state index < -0.39 is 0 Å². The minimum atomic E-state index is -0.350. The Morgan fingerprint density at radius 1 is 1.00 bits per heavy atom. The lowest BCUT2D eigenvalue weighted by molar-refractivity contribution is -0.128. The molecule has 1 saturated heterocycles. The number of carbonyl (C=O) groups excluding carboxylic acids is 2. The molecule has 0 N–H and O–H groups in total. The van der Waals surface area contributed by atoms with Crippen LogP contribution in [0.3, 0.4) is 0 Å². The number of amides is 2. The van der Waals surface area contributed by atoms with E-state index >= 15 is 0 Å². The molecule has 1 aliphatic rings. The highest BCUT2D eigenvalue weighted by Gasteiger charge is 2.21. The molecular weight excluding hydrogens is 244 g/mol. The second kappa shape index (κ2) is 6.22. The van der Waals surface area contributed by atoms with Gasteiger partial charge in [-0.3, -0.25) is 4.79 Å². The lowest BCUT2D eigenvalue weighted by Crippen LogP contribution is -2.37. The van der Waals surface area contributed by atoms with Gasteiger partial charge < -0.3 is 14.5 Å². The van der Waals surface area contributed by atoms with Gasteiger partial charge in [0.2, 0.25) is 5.91 Å². The van der Waals surface area contributed by atoms with Gasteiger partial charge in [0.25, 0.3) is 0 Å². The molecule has 1 heterocycles. The Kier molecular flexibility index (Phi) is 4.39. The van der Waals surface area contributed by atoms with Crippen molar-refractivity contribution in [2.24, 2.45) is 0 Å². The predicted molar refractivity (Wildman–Crippen MR) is 70.9 cm³/mol. The van der Waals surface area contributed by atoms with Crippen molar-refractivity contribution >= 4 is 12.0 Å². The number of carbonyl (C=O) groups is 2. The monoisotopic (exact) mass is 262 g/mol. The van der Waals surface area contributed by atoms with Crippen molar-refractivity contribution in [2.45, 2.75) is 13.3 Å². The number of hydrogen-bond donors (Lipinski definition) is 0. The number of hydrogen-bond acceptors (Lipinski definition) is 3.